The van der Waals surface area contributed by atoms with Gasteiger partial charge < -0.3 is 24.3 Å². The van der Waals surface area contributed by atoms with Crippen molar-refractivity contribution in [3.8, 4) is 28.6 Å². The summed E-state index contributed by atoms with van der Waals surface area (Å²) >= 11 is 0. The van der Waals surface area contributed by atoms with Crippen molar-refractivity contribution in [2.75, 3.05) is 14.2 Å². The number of benzene rings is 2. The first-order valence-corrected chi connectivity index (χ1v) is 8.24. The number of hydrogen-bond donors (Lipinski definition) is 2. The van der Waals surface area contributed by atoms with Gasteiger partial charge in [0.15, 0.2) is 11.5 Å². The Kier molecular flexibility index (Phi) is 5.14. The molecule has 136 valence electrons. The predicted octanol–water partition coefficient (Wildman–Crippen LogP) is 3.31. The van der Waals surface area contributed by atoms with Crippen LogP contribution in [0.25, 0.3) is 11.4 Å². The Morgan fingerprint density at radius 3 is 2.65 bits per heavy atom. The summed E-state index contributed by atoms with van der Waals surface area (Å²) in [5, 5.41) is 20.2. The Hall–Kier alpha value is -2.99. The normalized spacial score (nSPS) is 12.0. The first kappa shape index (κ1) is 17.8. The van der Waals surface area contributed by atoms with Gasteiger partial charge in [0, 0.05) is 12.4 Å². The number of hydrogen-bond acceptors (Lipinski definition) is 5. The fraction of sp³-hybridized carbons (Fsp3) is 0.250. The van der Waals surface area contributed by atoms with Crippen LogP contribution in [0.3, 0.4) is 0 Å². The summed E-state index contributed by atoms with van der Waals surface area (Å²) in [6.07, 6.45) is 2.70. The Morgan fingerprint density at radius 1 is 1.15 bits per heavy atom. The number of methoxy groups -OCH3 is 2. The van der Waals surface area contributed by atoms with Gasteiger partial charge in [0.2, 0.25) is 0 Å². The maximum absolute atomic E-state index is 10.6. The molecule has 1 unspecified atom stereocenters. The number of aromatic nitrogens is 2. The average molecular weight is 354 g/mol. The highest BCUT2D eigenvalue weighted by atomic mass is 16.5. The van der Waals surface area contributed by atoms with Crippen molar-refractivity contribution in [2.45, 2.75) is 19.6 Å². The number of ether oxygens (including phenoxy) is 2. The van der Waals surface area contributed by atoms with Crippen LogP contribution in [0.4, 0.5) is 0 Å². The second kappa shape index (κ2) is 7.49. The molecule has 3 aromatic rings. The molecule has 0 saturated carbocycles. The second-order valence-electron chi connectivity index (χ2n) is 6.06. The maximum Gasteiger partial charge on any atom is 0.171 e. The van der Waals surface area contributed by atoms with Crippen molar-refractivity contribution in [3.05, 3.63) is 59.9 Å². The predicted molar refractivity (Wildman–Crippen MR) is 98.6 cm³/mol. The van der Waals surface area contributed by atoms with E-state index in [1.165, 1.54) is 0 Å². The molecular formula is C20H22N2O4. The summed E-state index contributed by atoms with van der Waals surface area (Å²) in [7, 11) is 3.19. The van der Waals surface area contributed by atoms with Crippen LogP contribution in [0.15, 0.2) is 48.8 Å². The van der Waals surface area contributed by atoms with Crippen molar-refractivity contribution in [1.29, 1.82) is 0 Å². The van der Waals surface area contributed by atoms with E-state index < -0.39 is 6.10 Å². The van der Waals surface area contributed by atoms with Gasteiger partial charge in [-0.1, -0.05) is 12.1 Å². The summed E-state index contributed by atoms with van der Waals surface area (Å²) in [4.78, 5) is 4.44. The highest BCUT2D eigenvalue weighted by Crippen LogP contribution is 2.38. The lowest BCUT2D eigenvalue weighted by Gasteiger charge is -2.17. The van der Waals surface area contributed by atoms with Crippen LogP contribution in [-0.2, 0) is 6.54 Å². The van der Waals surface area contributed by atoms with Crippen molar-refractivity contribution in [2.24, 2.45) is 0 Å². The highest BCUT2D eigenvalue weighted by molar-refractivity contribution is 5.70. The number of imidazole rings is 1. The SMILES string of the molecule is COc1cc(C)cc(-c2nccn2CC(O)c2cccc(O)c2)c1OC. The molecule has 0 aliphatic carbocycles. The van der Waals surface area contributed by atoms with Crippen molar-refractivity contribution < 1.29 is 19.7 Å². The van der Waals surface area contributed by atoms with E-state index in [9.17, 15) is 10.2 Å². The van der Waals surface area contributed by atoms with E-state index in [1.54, 1.807) is 50.9 Å². The minimum absolute atomic E-state index is 0.123. The Morgan fingerprint density at radius 2 is 1.96 bits per heavy atom. The molecule has 26 heavy (non-hydrogen) atoms. The number of phenolic OH excluding ortho intramolecular Hbond substituents is 1. The van der Waals surface area contributed by atoms with Gasteiger partial charge in [0.05, 0.1) is 32.4 Å². The van der Waals surface area contributed by atoms with Crippen LogP contribution in [0.5, 0.6) is 17.2 Å². The number of nitrogens with zero attached hydrogens (tertiary/aromatic N) is 2. The summed E-state index contributed by atoms with van der Waals surface area (Å²) in [6.45, 7) is 2.26. The molecule has 0 aliphatic heterocycles. The van der Waals surface area contributed by atoms with E-state index in [0.29, 0.717) is 22.9 Å². The quantitative estimate of drug-likeness (QED) is 0.710. The van der Waals surface area contributed by atoms with Gasteiger partial charge in [-0.2, -0.15) is 0 Å². The zero-order valence-corrected chi connectivity index (χ0v) is 15.0. The minimum atomic E-state index is -0.784. The third kappa shape index (κ3) is 3.50. The maximum atomic E-state index is 10.6. The number of rotatable bonds is 6. The first-order chi connectivity index (χ1) is 12.5. The van der Waals surface area contributed by atoms with Crippen LogP contribution >= 0.6 is 0 Å². The van der Waals surface area contributed by atoms with Gasteiger partial charge in [0.1, 0.15) is 11.6 Å². The van der Waals surface area contributed by atoms with Gasteiger partial charge in [-0.05, 0) is 42.3 Å². The molecular weight excluding hydrogens is 332 g/mol. The summed E-state index contributed by atoms with van der Waals surface area (Å²) < 4.78 is 12.8. The molecule has 1 aromatic heterocycles. The molecule has 1 atom stereocenters. The molecule has 0 radical (unpaired) electrons. The third-order valence-corrected chi connectivity index (χ3v) is 4.20. The summed E-state index contributed by atoms with van der Waals surface area (Å²) in [5.41, 5.74) is 2.44. The second-order valence-corrected chi connectivity index (χ2v) is 6.06. The Labute approximate surface area is 152 Å². The summed E-state index contributed by atoms with van der Waals surface area (Å²) in [6, 6.07) is 10.5. The Balaban J connectivity index is 1.98. The van der Waals surface area contributed by atoms with Crippen LogP contribution in [0, 0.1) is 6.92 Å². The Bertz CT molecular complexity index is 905. The molecule has 0 saturated heterocycles. The number of aliphatic hydroxyl groups excluding tert-OH is 1. The summed E-state index contributed by atoms with van der Waals surface area (Å²) in [5.74, 6) is 2.02. The molecule has 0 spiro atoms. The fourth-order valence-electron chi connectivity index (χ4n) is 2.99. The van der Waals surface area contributed by atoms with Gasteiger partial charge in [-0.15, -0.1) is 0 Å². The standard InChI is InChI=1S/C20H22N2O4/c1-13-9-16(19(26-3)18(10-13)25-2)20-21-7-8-22(20)12-17(24)14-5-4-6-15(23)11-14/h4-11,17,23-24H,12H2,1-3H3. The molecule has 2 aromatic carbocycles. The van der Waals surface area contributed by atoms with Crippen LogP contribution < -0.4 is 9.47 Å². The van der Waals surface area contributed by atoms with Crippen molar-refractivity contribution in [3.63, 3.8) is 0 Å². The number of phenols is 1. The average Bonchev–Trinajstić information content (AvgIpc) is 3.08. The molecule has 2 N–H and O–H groups in total. The lowest BCUT2D eigenvalue weighted by Crippen LogP contribution is -2.10. The van der Waals surface area contributed by atoms with Crippen LogP contribution in [0.1, 0.15) is 17.2 Å². The van der Waals surface area contributed by atoms with Crippen LogP contribution in [-0.4, -0.2) is 34.0 Å². The van der Waals surface area contributed by atoms with Crippen molar-refractivity contribution in [1.82, 2.24) is 9.55 Å². The van der Waals surface area contributed by atoms with Gasteiger partial charge >= 0.3 is 0 Å². The molecule has 0 fully saturated rings. The van der Waals surface area contributed by atoms with Gasteiger partial charge in [-0.3, -0.25) is 0 Å². The zero-order valence-electron chi connectivity index (χ0n) is 15.0. The zero-order chi connectivity index (χ0) is 18.7. The number of aryl methyl sites for hydroxylation is 1. The number of aromatic hydroxyl groups is 1. The molecule has 6 heteroatoms. The first-order valence-electron chi connectivity index (χ1n) is 8.24. The van der Waals surface area contributed by atoms with Crippen LogP contribution in [0.2, 0.25) is 0 Å². The topological polar surface area (TPSA) is 76.7 Å². The molecule has 0 amide bonds. The monoisotopic (exact) mass is 354 g/mol. The number of aliphatic hydroxyl groups is 1. The molecule has 0 aliphatic rings. The minimum Gasteiger partial charge on any atom is -0.508 e. The largest absolute Gasteiger partial charge is 0.508 e. The van der Waals surface area contributed by atoms with E-state index >= 15 is 0 Å². The van der Waals surface area contributed by atoms with Gasteiger partial charge in [-0.25, -0.2) is 4.98 Å². The lowest BCUT2D eigenvalue weighted by atomic mass is 10.1. The molecule has 1 heterocycles. The third-order valence-electron chi connectivity index (χ3n) is 4.20. The lowest BCUT2D eigenvalue weighted by molar-refractivity contribution is 0.156. The van der Waals surface area contributed by atoms with E-state index in [0.717, 1.165) is 11.1 Å². The van der Waals surface area contributed by atoms with Crippen molar-refractivity contribution >= 4 is 0 Å². The van der Waals surface area contributed by atoms with E-state index in [2.05, 4.69) is 4.98 Å². The molecule has 0 bridgehead atoms. The highest BCUT2D eigenvalue weighted by Gasteiger charge is 2.19. The fourth-order valence-corrected chi connectivity index (χ4v) is 2.99. The van der Waals surface area contributed by atoms with Gasteiger partial charge in [0.25, 0.3) is 0 Å². The van der Waals surface area contributed by atoms with E-state index in [1.807, 2.05) is 23.6 Å². The molecule has 6 nitrogen and oxygen atoms in total. The smallest absolute Gasteiger partial charge is 0.171 e. The molecule has 3 rings (SSSR count). The van der Waals surface area contributed by atoms with E-state index in [4.69, 9.17) is 9.47 Å². The van der Waals surface area contributed by atoms with E-state index in [-0.39, 0.29) is 12.3 Å².